The molecule has 1 fully saturated rings. The lowest BCUT2D eigenvalue weighted by Gasteiger charge is -2.45. The van der Waals surface area contributed by atoms with Crippen molar-refractivity contribution in [1.82, 2.24) is 19.8 Å². The van der Waals surface area contributed by atoms with E-state index in [1.165, 1.54) is 0 Å². The van der Waals surface area contributed by atoms with Crippen LogP contribution in [-0.2, 0) is 0 Å². The number of β-amino-alcohol motifs (C(OH)–C–C–N with tert-alkyl or cyclic N) is 1. The Labute approximate surface area is 132 Å². The van der Waals surface area contributed by atoms with Crippen LogP contribution in [0.2, 0.25) is 0 Å². The molecule has 1 saturated heterocycles. The third-order valence-corrected chi connectivity index (χ3v) is 3.98. The molecular formula is C16H14N6O. The first-order chi connectivity index (χ1) is 11.2. The lowest BCUT2D eigenvalue weighted by molar-refractivity contribution is 0.0161. The average molecular weight is 306 g/mol. The summed E-state index contributed by atoms with van der Waals surface area (Å²) < 4.78 is 1.70. The van der Waals surface area contributed by atoms with E-state index in [2.05, 4.69) is 15.3 Å². The van der Waals surface area contributed by atoms with Gasteiger partial charge in [0.25, 0.3) is 0 Å². The standard InChI is InChI=1S/C16H14N6O/c17-9-8-16(23)10-21(11-16)14-7-6-13-18-19-15(22(13)20-14)12-4-2-1-3-5-12/h1-7,23H,8,10-11H2. The first-order valence-electron chi connectivity index (χ1n) is 7.31. The van der Waals surface area contributed by atoms with Gasteiger partial charge in [-0.3, -0.25) is 0 Å². The van der Waals surface area contributed by atoms with Crippen LogP contribution in [0, 0.1) is 11.3 Å². The van der Waals surface area contributed by atoms with Crippen LogP contribution in [0.5, 0.6) is 0 Å². The van der Waals surface area contributed by atoms with Crippen LogP contribution in [-0.4, -0.2) is 43.6 Å². The molecule has 1 aromatic carbocycles. The van der Waals surface area contributed by atoms with E-state index >= 15 is 0 Å². The minimum Gasteiger partial charge on any atom is -0.385 e. The number of benzene rings is 1. The van der Waals surface area contributed by atoms with Crippen molar-refractivity contribution in [3.05, 3.63) is 42.5 Å². The Hall–Kier alpha value is -2.98. The molecule has 0 spiro atoms. The molecule has 1 N–H and O–H groups in total. The molecule has 23 heavy (non-hydrogen) atoms. The third-order valence-electron chi connectivity index (χ3n) is 3.98. The maximum atomic E-state index is 10.1. The third kappa shape index (κ3) is 2.29. The Morgan fingerprint density at radius 3 is 2.65 bits per heavy atom. The predicted molar refractivity (Wildman–Crippen MR) is 83.6 cm³/mol. The van der Waals surface area contributed by atoms with Gasteiger partial charge in [0.1, 0.15) is 11.4 Å². The highest BCUT2D eigenvalue weighted by molar-refractivity contribution is 5.59. The summed E-state index contributed by atoms with van der Waals surface area (Å²) in [6.07, 6.45) is 0.133. The molecule has 7 nitrogen and oxygen atoms in total. The van der Waals surface area contributed by atoms with Crippen molar-refractivity contribution < 1.29 is 5.11 Å². The van der Waals surface area contributed by atoms with Gasteiger partial charge in [0.2, 0.25) is 0 Å². The second-order valence-electron chi connectivity index (χ2n) is 5.77. The van der Waals surface area contributed by atoms with Gasteiger partial charge < -0.3 is 10.0 Å². The fraction of sp³-hybridized carbons (Fsp3) is 0.250. The zero-order valence-corrected chi connectivity index (χ0v) is 12.3. The zero-order valence-electron chi connectivity index (χ0n) is 12.3. The number of rotatable bonds is 3. The molecule has 0 aliphatic carbocycles. The summed E-state index contributed by atoms with van der Waals surface area (Å²) in [5, 5.41) is 31.8. The average Bonchev–Trinajstić information content (AvgIpc) is 2.96. The van der Waals surface area contributed by atoms with Gasteiger partial charge in [-0.2, -0.15) is 9.78 Å². The molecule has 1 aliphatic rings. The minimum atomic E-state index is -0.930. The highest BCUT2D eigenvalue weighted by Crippen LogP contribution is 2.29. The van der Waals surface area contributed by atoms with Crippen molar-refractivity contribution in [2.75, 3.05) is 18.0 Å². The number of hydrogen-bond donors (Lipinski definition) is 1. The summed E-state index contributed by atoms with van der Waals surface area (Å²) in [6.45, 7) is 0.809. The summed E-state index contributed by atoms with van der Waals surface area (Å²) in [4.78, 5) is 1.94. The Bertz CT molecular complexity index is 892. The van der Waals surface area contributed by atoms with E-state index in [1.807, 2.05) is 53.4 Å². The van der Waals surface area contributed by atoms with Crippen molar-refractivity contribution in [3.8, 4) is 17.5 Å². The zero-order chi connectivity index (χ0) is 15.9. The van der Waals surface area contributed by atoms with E-state index in [0.29, 0.717) is 24.6 Å². The van der Waals surface area contributed by atoms with Crippen LogP contribution in [0.15, 0.2) is 42.5 Å². The summed E-state index contributed by atoms with van der Waals surface area (Å²) >= 11 is 0. The SMILES string of the molecule is N#CCC1(O)CN(c2ccc3nnc(-c4ccccc4)n3n2)C1. The lowest BCUT2D eigenvalue weighted by Crippen LogP contribution is -2.62. The molecule has 1 aliphatic heterocycles. The molecule has 7 heteroatoms. The van der Waals surface area contributed by atoms with Crippen LogP contribution in [0.25, 0.3) is 17.0 Å². The Morgan fingerprint density at radius 1 is 1.13 bits per heavy atom. The van der Waals surface area contributed by atoms with Gasteiger partial charge in [-0.15, -0.1) is 15.3 Å². The normalized spacial score (nSPS) is 16.1. The van der Waals surface area contributed by atoms with E-state index in [9.17, 15) is 5.11 Å². The van der Waals surface area contributed by atoms with E-state index in [4.69, 9.17) is 5.26 Å². The smallest absolute Gasteiger partial charge is 0.185 e. The van der Waals surface area contributed by atoms with E-state index in [1.54, 1.807) is 4.52 Å². The van der Waals surface area contributed by atoms with E-state index in [0.717, 1.165) is 11.4 Å². The number of fused-ring (bicyclic) bond motifs is 1. The van der Waals surface area contributed by atoms with Crippen molar-refractivity contribution in [2.45, 2.75) is 12.0 Å². The fourth-order valence-electron chi connectivity index (χ4n) is 2.80. The largest absolute Gasteiger partial charge is 0.385 e. The van der Waals surface area contributed by atoms with Crippen LogP contribution in [0.3, 0.4) is 0 Å². The Morgan fingerprint density at radius 2 is 1.91 bits per heavy atom. The molecule has 0 unspecified atom stereocenters. The van der Waals surface area contributed by atoms with Gasteiger partial charge in [0.05, 0.1) is 25.6 Å². The first kappa shape index (κ1) is 13.7. The molecular weight excluding hydrogens is 292 g/mol. The van der Waals surface area contributed by atoms with Gasteiger partial charge in [-0.25, -0.2) is 0 Å². The second kappa shape index (κ2) is 5.04. The summed E-state index contributed by atoms with van der Waals surface area (Å²) in [7, 11) is 0. The Balaban J connectivity index is 1.68. The number of nitrogens with zero attached hydrogens (tertiary/aromatic N) is 6. The molecule has 3 aromatic rings. The van der Waals surface area contributed by atoms with Crippen molar-refractivity contribution in [2.24, 2.45) is 0 Å². The molecule has 0 atom stereocenters. The molecule has 2 aromatic heterocycles. The van der Waals surface area contributed by atoms with Crippen LogP contribution in [0.1, 0.15) is 6.42 Å². The van der Waals surface area contributed by atoms with Crippen LogP contribution >= 0.6 is 0 Å². The molecule has 0 radical (unpaired) electrons. The van der Waals surface area contributed by atoms with Crippen molar-refractivity contribution in [1.29, 1.82) is 5.26 Å². The van der Waals surface area contributed by atoms with E-state index in [-0.39, 0.29) is 6.42 Å². The highest BCUT2D eigenvalue weighted by Gasteiger charge is 2.41. The number of aromatic nitrogens is 4. The predicted octanol–water partition coefficient (Wildman–Crippen LogP) is 1.26. The Kier molecular flexibility index (Phi) is 2.99. The fourth-order valence-corrected chi connectivity index (χ4v) is 2.80. The van der Waals surface area contributed by atoms with Gasteiger partial charge in [0.15, 0.2) is 11.5 Å². The quantitative estimate of drug-likeness (QED) is 0.783. The number of anilines is 1. The number of nitriles is 1. The molecule has 0 amide bonds. The number of hydrogen-bond acceptors (Lipinski definition) is 6. The topological polar surface area (TPSA) is 90.3 Å². The highest BCUT2D eigenvalue weighted by atomic mass is 16.3. The lowest BCUT2D eigenvalue weighted by atomic mass is 9.91. The molecule has 0 bridgehead atoms. The summed E-state index contributed by atoms with van der Waals surface area (Å²) in [5.74, 6) is 1.41. The molecule has 114 valence electrons. The monoisotopic (exact) mass is 306 g/mol. The number of aliphatic hydroxyl groups is 1. The van der Waals surface area contributed by atoms with Gasteiger partial charge in [0, 0.05) is 5.56 Å². The molecule has 3 heterocycles. The van der Waals surface area contributed by atoms with Gasteiger partial charge in [-0.1, -0.05) is 30.3 Å². The van der Waals surface area contributed by atoms with Crippen LogP contribution < -0.4 is 4.90 Å². The van der Waals surface area contributed by atoms with E-state index < -0.39 is 5.60 Å². The molecule has 0 saturated carbocycles. The first-order valence-corrected chi connectivity index (χ1v) is 7.31. The maximum Gasteiger partial charge on any atom is 0.185 e. The maximum absolute atomic E-state index is 10.1. The molecule has 4 rings (SSSR count). The van der Waals surface area contributed by atoms with Crippen molar-refractivity contribution >= 4 is 11.5 Å². The summed E-state index contributed by atoms with van der Waals surface area (Å²) in [6, 6.07) is 15.5. The van der Waals surface area contributed by atoms with Gasteiger partial charge in [-0.05, 0) is 12.1 Å². The summed E-state index contributed by atoms with van der Waals surface area (Å²) in [5.41, 5.74) is 0.676. The van der Waals surface area contributed by atoms with Crippen molar-refractivity contribution in [3.63, 3.8) is 0 Å². The van der Waals surface area contributed by atoms with Gasteiger partial charge >= 0.3 is 0 Å². The minimum absolute atomic E-state index is 0.133. The second-order valence-corrected chi connectivity index (χ2v) is 5.77. The van der Waals surface area contributed by atoms with Crippen LogP contribution in [0.4, 0.5) is 5.82 Å².